The fraction of sp³-hybridized carbons (Fsp3) is 0.579. The summed E-state index contributed by atoms with van der Waals surface area (Å²) in [4.78, 5) is 28.3. The SMILES string of the molecule is CC(=O)C1CN(Cc2ccccc2)CCN(C(=O)OC(C)(C)C)C1. The van der Waals surface area contributed by atoms with Gasteiger partial charge >= 0.3 is 6.09 Å². The second kappa shape index (κ2) is 7.79. The molecule has 1 amide bonds. The van der Waals surface area contributed by atoms with E-state index < -0.39 is 5.60 Å². The molecule has 5 heteroatoms. The highest BCUT2D eigenvalue weighted by atomic mass is 16.6. The van der Waals surface area contributed by atoms with Crippen LogP contribution in [0.5, 0.6) is 0 Å². The van der Waals surface area contributed by atoms with Crippen LogP contribution in [0.4, 0.5) is 4.79 Å². The Morgan fingerprint density at radius 1 is 1.12 bits per heavy atom. The summed E-state index contributed by atoms with van der Waals surface area (Å²) >= 11 is 0. The monoisotopic (exact) mass is 332 g/mol. The van der Waals surface area contributed by atoms with Gasteiger partial charge in [0, 0.05) is 38.6 Å². The van der Waals surface area contributed by atoms with Gasteiger partial charge in [0.1, 0.15) is 11.4 Å². The summed E-state index contributed by atoms with van der Waals surface area (Å²) < 4.78 is 5.47. The minimum Gasteiger partial charge on any atom is -0.444 e. The summed E-state index contributed by atoms with van der Waals surface area (Å²) in [6.07, 6.45) is -0.338. The predicted molar refractivity (Wildman–Crippen MR) is 93.7 cm³/mol. The molecule has 1 fully saturated rings. The van der Waals surface area contributed by atoms with E-state index in [2.05, 4.69) is 17.0 Å². The van der Waals surface area contributed by atoms with Crippen LogP contribution in [0, 0.1) is 5.92 Å². The number of nitrogens with zero attached hydrogens (tertiary/aromatic N) is 2. The van der Waals surface area contributed by atoms with Crippen molar-refractivity contribution in [3.63, 3.8) is 0 Å². The van der Waals surface area contributed by atoms with Gasteiger partial charge in [0.15, 0.2) is 0 Å². The van der Waals surface area contributed by atoms with E-state index in [4.69, 9.17) is 4.74 Å². The fourth-order valence-electron chi connectivity index (χ4n) is 2.81. The Bertz CT molecular complexity index is 566. The molecule has 0 radical (unpaired) electrons. The molecular weight excluding hydrogens is 304 g/mol. The van der Waals surface area contributed by atoms with Gasteiger partial charge in [-0.3, -0.25) is 9.69 Å². The Kier molecular flexibility index (Phi) is 5.99. The zero-order chi connectivity index (χ0) is 17.7. The number of ketones is 1. The predicted octanol–water partition coefficient (Wildman–Crippen LogP) is 2.94. The normalized spacial score (nSPS) is 19.7. The number of amides is 1. The average molecular weight is 332 g/mol. The van der Waals surface area contributed by atoms with Crippen LogP contribution in [0.1, 0.15) is 33.3 Å². The Morgan fingerprint density at radius 3 is 2.38 bits per heavy atom. The van der Waals surface area contributed by atoms with Gasteiger partial charge < -0.3 is 9.64 Å². The lowest BCUT2D eigenvalue weighted by atomic mass is 10.0. The van der Waals surface area contributed by atoms with E-state index in [0.29, 0.717) is 19.6 Å². The van der Waals surface area contributed by atoms with Crippen LogP contribution in [-0.2, 0) is 16.1 Å². The molecule has 2 rings (SSSR count). The second-order valence-electron chi connectivity index (χ2n) is 7.45. The molecule has 0 aliphatic carbocycles. The minimum absolute atomic E-state index is 0.114. The van der Waals surface area contributed by atoms with Gasteiger partial charge in [0.2, 0.25) is 0 Å². The highest BCUT2D eigenvalue weighted by Crippen LogP contribution is 2.17. The molecule has 1 heterocycles. The van der Waals surface area contributed by atoms with E-state index in [1.807, 2.05) is 39.0 Å². The Labute approximate surface area is 144 Å². The molecular formula is C19H28N2O3. The molecule has 132 valence electrons. The van der Waals surface area contributed by atoms with Crippen molar-refractivity contribution >= 4 is 11.9 Å². The molecule has 0 bridgehead atoms. The number of ether oxygens (including phenoxy) is 1. The second-order valence-corrected chi connectivity index (χ2v) is 7.45. The first-order valence-electron chi connectivity index (χ1n) is 8.49. The first kappa shape index (κ1) is 18.5. The van der Waals surface area contributed by atoms with Crippen molar-refractivity contribution in [2.75, 3.05) is 26.2 Å². The van der Waals surface area contributed by atoms with Crippen molar-refractivity contribution in [1.82, 2.24) is 9.80 Å². The first-order chi connectivity index (χ1) is 11.2. The molecule has 1 aromatic carbocycles. The smallest absolute Gasteiger partial charge is 0.410 e. The summed E-state index contributed by atoms with van der Waals surface area (Å²) in [5.74, 6) is -0.0627. The summed E-state index contributed by atoms with van der Waals surface area (Å²) in [6, 6.07) is 10.2. The molecule has 1 aliphatic heterocycles. The third-order valence-electron chi connectivity index (χ3n) is 4.08. The molecule has 0 saturated carbocycles. The molecule has 1 atom stereocenters. The van der Waals surface area contributed by atoms with Crippen molar-refractivity contribution in [3.8, 4) is 0 Å². The van der Waals surface area contributed by atoms with Crippen molar-refractivity contribution < 1.29 is 14.3 Å². The Hall–Kier alpha value is -1.88. The van der Waals surface area contributed by atoms with Crippen LogP contribution in [0.2, 0.25) is 0 Å². The molecule has 0 aromatic heterocycles. The third-order valence-corrected chi connectivity index (χ3v) is 4.08. The van der Waals surface area contributed by atoms with Crippen molar-refractivity contribution in [2.24, 2.45) is 5.92 Å². The van der Waals surface area contributed by atoms with Gasteiger partial charge in [0.25, 0.3) is 0 Å². The van der Waals surface area contributed by atoms with Crippen molar-refractivity contribution in [3.05, 3.63) is 35.9 Å². The van der Waals surface area contributed by atoms with Gasteiger partial charge in [-0.1, -0.05) is 30.3 Å². The number of benzene rings is 1. The van der Waals surface area contributed by atoms with E-state index in [1.165, 1.54) is 5.56 Å². The molecule has 24 heavy (non-hydrogen) atoms. The Morgan fingerprint density at radius 2 is 1.79 bits per heavy atom. The van der Waals surface area contributed by atoms with Crippen LogP contribution >= 0.6 is 0 Å². The highest BCUT2D eigenvalue weighted by Gasteiger charge is 2.30. The molecule has 1 unspecified atom stereocenters. The van der Waals surface area contributed by atoms with Crippen LogP contribution in [0.25, 0.3) is 0 Å². The zero-order valence-electron chi connectivity index (χ0n) is 15.1. The molecule has 1 saturated heterocycles. The molecule has 0 spiro atoms. The summed E-state index contributed by atoms with van der Waals surface area (Å²) in [7, 11) is 0. The van der Waals surface area contributed by atoms with E-state index in [1.54, 1.807) is 11.8 Å². The summed E-state index contributed by atoms with van der Waals surface area (Å²) in [6.45, 7) is 10.4. The van der Waals surface area contributed by atoms with Crippen molar-refractivity contribution in [2.45, 2.75) is 39.8 Å². The topological polar surface area (TPSA) is 49.9 Å². The van der Waals surface area contributed by atoms with E-state index >= 15 is 0 Å². The lowest BCUT2D eigenvalue weighted by molar-refractivity contribution is -0.121. The lowest BCUT2D eigenvalue weighted by Gasteiger charge is -2.27. The Balaban J connectivity index is 2.06. The van der Waals surface area contributed by atoms with Crippen LogP contribution < -0.4 is 0 Å². The van der Waals surface area contributed by atoms with Gasteiger partial charge in [-0.15, -0.1) is 0 Å². The maximum absolute atomic E-state index is 12.4. The van der Waals surface area contributed by atoms with Crippen LogP contribution in [0.15, 0.2) is 30.3 Å². The van der Waals surface area contributed by atoms with Gasteiger partial charge in [-0.2, -0.15) is 0 Å². The zero-order valence-corrected chi connectivity index (χ0v) is 15.1. The fourth-order valence-corrected chi connectivity index (χ4v) is 2.81. The van der Waals surface area contributed by atoms with Gasteiger partial charge in [-0.05, 0) is 33.3 Å². The molecule has 5 nitrogen and oxygen atoms in total. The summed E-state index contributed by atoms with van der Waals surface area (Å²) in [5, 5.41) is 0. The van der Waals surface area contributed by atoms with Gasteiger partial charge in [-0.25, -0.2) is 4.79 Å². The van der Waals surface area contributed by atoms with E-state index in [9.17, 15) is 9.59 Å². The lowest BCUT2D eigenvalue weighted by Crippen LogP contribution is -2.41. The third kappa shape index (κ3) is 5.64. The van der Waals surface area contributed by atoms with E-state index in [0.717, 1.165) is 13.1 Å². The number of carbonyl (C=O) groups is 2. The number of rotatable bonds is 3. The maximum atomic E-state index is 12.4. The maximum Gasteiger partial charge on any atom is 0.410 e. The minimum atomic E-state index is -0.529. The van der Waals surface area contributed by atoms with E-state index in [-0.39, 0.29) is 17.8 Å². The van der Waals surface area contributed by atoms with Crippen LogP contribution in [-0.4, -0.2) is 53.5 Å². The molecule has 1 aliphatic rings. The molecule has 0 N–H and O–H groups in total. The quantitative estimate of drug-likeness (QED) is 0.854. The number of Topliss-reactive ketones (excluding diaryl/α,β-unsaturated/α-hetero) is 1. The molecule has 1 aromatic rings. The largest absolute Gasteiger partial charge is 0.444 e. The standard InChI is InChI=1S/C19H28N2O3/c1-15(22)17-13-20(12-16-8-6-5-7-9-16)10-11-21(14-17)18(23)24-19(2,3)4/h5-9,17H,10-14H2,1-4H3. The van der Waals surface area contributed by atoms with Crippen molar-refractivity contribution in [1.29, 1.82) is 0 Å². The number of hydrogen-bond acceptors (Lipinski definition) is 4. The highest BCUT2D eigenvalue weighted by molar-refractivity contribution is 5.79. The first-order valence-corrected chi connectivity index (χ1v) is 8.49. The number of hydrogen-bond donors (Lipinski definition) is 0. The summed E-state index contributed by atoms with van der Waals surface area (Å²) in [5.41, 5.74) is 0.685. The van der Waals surface area contributed by atoms with Gasteiger partial charge in [0.05, 0.1) is 0 Å². The van der Waals surface area contributed by atoms with Crippen LogP contribution in [0.3, 0.4) is 0 Å². The average Bonchev–Trinajstić information content (AvgIpc) is 2.69. The number of carbonyl (C=O) groups excluding carboxylic acids is 2.